The van der Waals surface area contributed by atoms with Crippen LogP contribution in [0.1, 0.15) is 20.8 Å². The molecular formula is C40H70N2O30. The van der Waals surface area contributed by atoms with Crippen molar-refractivity contribution >= 4 is 11.8 Å². The number of amides is 2. The number of hydrogen-bond donors (Lipinski definition) is 20. The molecule has 5 saturated heterocycles. The molecule has 0 aromatic heterocycles. The minimum Gasteiger partial charge on any atom is -0.394 e. The minimum atomic E-state index is -2.26. The highest BCUT2D eigenvalue weighted by Gasteiger charge is 2.56. The van der Waals surface area contributed by atoms with E-state index in [0.29, 0.717) is 0 Å². The Morgan fingerprint density at radius 1 is 0.486 bits per heavy atom. The minimum absolute atomic E-state index is 0.794. The summed E-state index contributed by atoms with van der Waals surface area (Å²) in [6.45, 7) is -2.67. The quantitative estimate of drug-likeness (QED) is 0.0507. The van der Waals surface area contributed by atoms with E-state index in [1.807, 2.05) is 0 Å². The van der Waals surface area contributed by atoms with Crippen LogP contribution >= 0.6 is 0 Å². The molecule has 72 heavy (non-hydrogen) atoms. The normalized spacial score (nSPS) is 45.7. The molecule has 0 aromatic carbocycles. The van der Waals surface area contributed by atoms with Crippen molar-refractivity contribution in [1.29, 1.82) is 0 Å². The lowest BCUT2D eigenvalue weighted by Crippen LogP contribution is -2.69. The van der Waals surface area contributed by atoms with E-state index in [4.69, 9.17) is 47.4 Å². The van der Waals surface area contributed by atoms with Gasteiger partial charge in [-0.2, -0.15) is 0 Å². The van der Waals surface area contributed by atoms with E-state index >= 15 is 0 Å². The number of ether oxygens (including phenoxy) is 10. The van der Waals surface area contributed by atoms with E-state index in [2.05, 4.69) is 10.6 Å². The molecule has 420 valence electrons. The molecule has 2 amide bonds. The lowest BCUT2D eigenvalue weighted by Gasteiger charge is -2.50. The molecule has 0 aliphatic carbocycles. The van der Waals surface area contributed by atoms with Crippen LogP contribution in [0.25, 0.3) is 0 Å². The zero-order chi connectivity index (χ0) is 53.6. The molecule has 5 aliphatic rings. The van der Waals surface area contributed by atoms with Crippen LogP contribution in [0.3, 0.4) is 0 Å². The molecular weight excluding hydrogens is 988 g/mol. The van der Waals surface area contributed by atoms with Gasteiger partial charge in [-0.15, -0.1) is 0 Å². The van der Waals surface area contributed by atoms with Gasteiger partial charge in [-0.25, -0.2) is 0 Å². The molecule has 0 spiro atoms. The molecule has 0 unspecified atom stereocenters. The molecule has 32 heteroatoms. The van der Waals surface area contributed by atoms with Crippen molar-refractivity contribution in [2.75, 3.05) is 39.6 Å². The first-order valence-electron chi connectivity index (χ1n) is 22.9. The molecule has 5 fully saturated rings. The molecule has 0 radical (unpaired) electrons. The van der Waals surface area contributed by atoms with Crippen LogP contribution in [0, 0.1) is 0 Å². The standard InChI is InChI=1S/C40H70N2O30/c1-10-20(51)25(56)29(60)38(64-10)69-32(13(4-43)41-11(2)48)33(14(50)5-44)70-36-19(42-12(3)49)24(55)34(17(8-47)67-36)71-40-31(62)35(72-39-30(61)27(58)22(53)16(7-46)66-39)23(54)18(68-40)9-63-37-28(59)26(57)21(52)15(6-45)65-37/h10,13-40,43-47,50-62H,4-9H2,1-3H3,(H,41,48)(H,42,49)/t10-,13-,14+,15+,16+,17+,18+,19+,20+,21+,22+,23+,24+,25+,26-,27-,28-,29-,30-,31-,32+,33+,34+,35-,36-,37-,38-,39+,40-/m0/s1. The van der Waals surface area contributed by atoms with Gasteiger partial charge in [0.05, 0.1) is 51.8 Å². The SMILES string of the molecule is CC(=O)N[C@H]1[C@H](O[C@@H]([C@H](O[C@@H]2O[C@@H](C)[C@@H](O)[C@@H](O)[C@@H]2O)[C@H](CO)NC(C)=O)[C@H](O)CO)O[C@H](CO)[C@@H](O[C@@H]2O[C@H](CO[C@H]3O[C@H](CO)[C@@H](O)[C@H](O)[C@@H]3O)[C@@H](O)[C@H](O[C@H]3O[C@H](CO)[C@@H](O)[C@H](O)[C@@H]3O)[C@@H]2O)[C@@H]1O. The van der Waals surface area contributed by atoms with Gasteiger partial charge in [0.2, 0.25) is 11.8 Å². The van der Waals surface area contributed by atoms with Crippen LogP contribution in [0.15, 0.2) is 0 Å². The molecule has 5 rings (SSSR count). The summed E-state index contributed by atoms with van der Waals surface area (Å²) in [6, 6.07) is -3.48. The number of hydrogen-bond acceptors (Lipinski definition) is 30. The van der Waals surface area contributed by atoms with Crippen molar-refractivity contribution in [3.05, 3.63) is 0 Å². The third kappa shape index (κ3) is 13.7. The second-order valence-electron chi connectivity index (χ2n) is 18.0. The summed E-state index contributed by atoms with van der Waals surface area (Å²) in [5.41, 5.74) is 0. The number of carbonyl (C=O) groups excluding carboxylic acids is 2. The number of aliphatic hydroxyl groups excluding tert-OH is 18. The van der Waals surface area contributed by atoms with E-state index in [-0.39, 0.29) is 0 Å². The number of aliphatic hydroxyl groups is 18. The lowest BCUT2D eigenvalue weighted by molar-refractivity contribution is -0.383. The summed E-state index contributed by atoms with van der Waals surface area (Å²) in [7, 11) is 0. The van der Waals surface area contributed by atoms with E-state index in [0.717, 1.165) is 13.8 Å². The van der Waals surface area contributed by atoms with Crippen LogP contribution in [-0.2, 0) is 57.0 Å². The van der Waals surface area contributed by atoms with E-state index in [1.54, 1.807) is 0 Å². The van der Waals surface area contributed by atoms with Gasteiger partial charge >= 0.3 is 0 Å². The first-order valence-corrected chi connectivity index (χ1v) is 22.9. The number of nitrogens with one attached hydrogen (secondary N) is 2. The molecule has 0 aromatic rings. The van der Waals surface area contributed by atoms with Gasteiger partial charge in [-0.05, 0) is 6.92 Å². The Labute approximate surface area is 409 Å². The molecule has 29 atom stereocenters. The highest BCUT2D eigenvalue weighted by molar-refractivity contribution is 5.73. The fraction of sp³-hybridized carbons (Fsp3) is 0.950. The average Bonchev–Trinajstić information content (AvgIpc) is 3.35. The Morgan fingerprint density at radius 2 is 0.972 bits per heavy atom. The van der Waals surface area contributed by atoms with E-state index < -0.39 is 229 Å². The molecule has 5 aliphatic heterocycles. The zero-order valence-corrected chi connectivity index (χ0v) is 38.9. The monoisotopic (exact) mass is 1060 g/mol. The second-order valence-corrected chi connectivity index (χ2v) is 18.0. The van der Waals surface area contributed by atoms with Crippen LogP contribution < -0.4 is 10.6 Å². The smallest absolute Gasteiger partial charge is 0.217 e. The van der Waals surface area contributed by atoms with E-state index in [9.17, 15) is 102 Å². The van der Waals surface area contributed by atoms with Crippen molar-refractivity contribution in [3.63, 3.8) is 0 Å². The average molecular weight is 1060 g/mol. The molecule has 20 N–H and O–H groups in total. The van der Waals surface area contributed by atoms with Crippen LogP contribution in [-0.4, -0.2) is 321 Å². The van der Waals surface area contributed by atoms with Crippen LogP contribution in [0.2, 0.25) is 0 Å². The maximum atomic E-state index is 12.7. The summed E-state index contributed by atoms with van der Waals surface area (Å²) in [5.74, 6) is -1.69. The fourth-order valence-electron chi connectivity index (χ4n) is 8.76. The summed E-state index contributed by atoms with van der Waals surface area (Å²) in [4.78, 5) is 25.0. The maximum absolute atomic E-state index is 12.7. The first kappa shape index (κ1) is 60.7. The molecule has 0 saturated carbocycles. The highest BCUT2D eigenvalue weighted by atomic mass is 16.8. The first-order chi connectivity index (χ1) is 33.9. The van der Waals surface area contributed by atoms with Crippen molar-refractivity contribution < 1.29 is 149 Å². The number of rotatable bonds is 21. The van der Waals surface area contributed by atoms with Gasteiger partial charge in [0, 0.05) is 13.8 Å². The van der Waals surface area contributed by atoms with Gasteiger partial charge in [0.1, 0.15) is 134 Å². The lowest BCUT2D eigenvalue weighted by atomic mass is 9.94. The Bertz CT molecular complexity index is 1680. The molecule has 0 bridgehead atoms. The summed E-state index contributed by atoms with van der Waals surface area (Å²) < 4.78 is 57.3. The van der Waals surface area contributed by atoms with Crippen molar-refractivity contribution in [2.45, 2.75) is 199 Å². The third-order valence-corrected chi connectivity index (χ3v) is 12.8. The van der Waals surface area contributed by atoms with Gasteiger partial charge in [-0.1, -0.05) is 0 Å². The summed E-state index contributed by atoms with van der Waals surface area (Å²) in [6.07, 6.45) is -51.7. The zero-order valence-electron chi connectivity index (χ0n) is 38.9. The largest absolute Gasteiger partial charge is 0.394 e. The van der Waals surface area contributed by atoms with Crippen molar-refractivity contribution in [3.8, 4) is 0 Å². The van der Waals surface area contributed by atoms with Crippen LogP contribution in [0.4, 0.5) is 0 Å². The van der Waals surface area contributed by atoms with Crippen molar-refractivity contribution in [1.82, 2.24) is 10.6 Å². The Hall–Kier alpha value is -2.18. The summed E-state index contributed by atoms with van der Waals surface area (Å²) in [5, 5.41) is 196. The third-order valence-electron chi connectivity index (χ3n) is 12.8. The molecule has 5 heterocycles. The topological polar surface area (TPSA) is 515 Å². The Balaban J connectivity index is 1.47. The van der Waals surface area contributed by atoms with Gasteiger partial charge < -0.3 is 150 Å². The predicted octanol–water partition coefficient (Wildman–Crippen LogP) is -13.1. The van der Waals surface area contributed by atoms with E-state index in [1.165, 1.54) is 6.92 Å². The predicted molar refractivity (Wildman–Crippen MR) is 223 cm³/mol. The van der Waals surface area contributed by atoms with Gasteiger partial charge in [-0.3, -0.25) is 9.59 Å². The van der Waals surface area contributed by atoms with Crippen LogP contribution in [0.5, 0.6) is 0 Å². The second kappa shape index (κ2) is 26.7. The van der Waals surface area contributed by atoms with Gasteiger partial charge in [0.15, 0.2) is 31.5 Å². The molecule has 32 nitrogen and oxygen atoms in total. The summed E-state index contributed by atoms with van der Waals surface area (Å²) >= 11 is 0. The maximum Gasteiger partial charge on any atom is 0.217 e. The Morgan fingerprint density at radius 3 is 1.51 bits per heavy atom. The highest BCUT2D eigenvalue weighted by Crippen LogP contribution is 2.35. The fourth-order valence-corrected chi connectivity index (χ4v) is 8.76. The van der Waals surface area contributed by atoms with Gasteiger partial charge in [0.25, 0.3) is 0 Å². The number of carbonyl (C=O) groups is 2. The Kier molecular flexibility index (Phi) is 22.5. The van der Waals surface area contributed by atoms with Crippen molar-refractivity contribution in [2.24, 2.45) is 0 Å².